The van der Waals surface area contributed by atoms with Crippen molar-refractivity contribution in [2.24, 2.45) is 5.92 Å². The maximum Gasteiger partial charge on any atom is 0.341 e. The summed E-state index contributed by atoms with van der Waals surface area (Å²) in [5.74, 6) is 0.279. The summed E-state index contributed by atoms with van der Waals surface area (Å²) in [7, 11) is 1.58. The first-order valence-electron chi connectivity index (χ1n) is 10.3. The molecule has 1 aromatic carbocycles. The number of pyridine rings is 1. The maximum absolute atomic E-state index is 12.4. The van der Waals surface area contributed by atoms with Gasteiger partial charge >= 0.3 is 5.97 Å². The van der Waals surface area contributed by atoms with Gasteiger partial charge < -0.3 is 23.9 Å². The molecule has 0 aliphatic carbocycles. The van der Waals surface area contributed by atoms with Gasteiger partial charge in [0, 0.05) is 30.5 Å². The maximum atomic E-state index is 12.4. The van der Waals surface area contributed by atoms with E-state index in [0.29, 0.717) is 30.2 Å². The largest absolute Gasteiger partial charge is 0.493 e. The molecule has 2 aromatic rings. The molecule has 7 heteroatoms. The molecule has 2 aliphatic heterocycles. The van der Waals surface area contributed by atoms with Crippen molar-refractivity contribution in [3.8, 4) is 22.8 Å². The van der Waals surface area contributed by atoms with Crippen LogP contribution in [-0.2, 0) is 11.2 Å². The monoisotopic (exact) mass is 413 g/mol. The van der Waals surface area contributed by atoms with E-state index in [1.807, 2.05) is 16.7 Å². The van der Waals surface area contributed by atoms with Gasteiger partial charge in [-0.15, -0.1) is 0 Å². The molecule has 1 N–H and O–H groups in total. The molecule has 1 aromatic heterocycles. The van der Waals surface area contributed by atoms with Gasteiger partial charge in [-0.1, -0.05) is 13.8 Å². The lowest BCUT2D eigenvalue weighted by molar-refractivity contribution is 0.0669. The van der Waals surface area contributed by atoms with Crippen LogP contribution in [-0.4, -0.2) is 42.1 Å². The van der Waals surface area contributed by atoms with Crippen LogP contribution >= 0.6 is 0 Å². The lowest BCUT2D eigenvalue weighted by Crippen LogP contribution is -2.28. The Kier molecular flexibility index (Phi) is 5.56. The van der Waals surface area contributed by atoms with Gasteiger partial charge in [-0.2, -0.15) is 0 Å². The van der Waals surface area contributed by atoms with Crippen molar-refractivity contribution in [2.45, 2.75) is 45.3 Å². The number of aromatic carboxylic acids is 1. The van der Waals surface area contributed by atoms with Crippen LogP contribution in [0.3, 0.4) is 0 Å². The van der Waals surface area contributed by atoms with E-state index in [2.05, 4.69) is 13.8 Å². The van der Waals surface area contributed by atoms with E-state index < -0.39 is 11.4 Å². The molecular formula is C23H27NO6. The number of methoxy groups -OCH3 is 1. The minimum atomic E-state index is -1.21. The van der Waals surface area contributed by atoms with E-state index in [4.69, 9.17) is 14.2 Å². The zero-order valence-electron chi connectivity index (χ0n) is 17.5. The van der Waals surface area contributed by atoms with E-state index in [-0.39, 0.29) is 23.6 Å². The fourth-order valence-electron chi connectivity index (χ4n) is 4.32. The second kappa shape index (κ2) is 8.14. The van der Waals surface area contributed by atoms with Gasteiger partial charge in [0.2, 0.25) is 0 Å². The summed E-state index contributed by atoms with van der Waals surface area (Å²) in [6.07, 6.45) is 4.33. The van der Waals surface area contributed by atoms with Crippen LogP contribution in [0.15, 0.2) is 29.2 Å². The van der Waals surface area contributed by atoms with Gasteiger partial charge in [-0.05, 0) is 42.9 Å². The molecule has 1 saturated heterocycles. The highest BCUT2D eigenvalue weighted by Crippen LogP contribution is 2.42. The van der Waals surface area contributed by atoms with Gasteiger partial charge in [0.05, 0.1) is 18.9 Å². The number of carboxylic acid groups (broad SMARTS) is 1. The lowest BCUT2D eigenvalue weighted by Gasteiger charge is -2.33. The number of carbonyl (C=O) groups is 1. The lowest BCUT2D eigenvalue weighted by atomic mass is 9.87. The molecule has 2 aliphatic rings. The molecule has 1 fully saturated rings. The SMILES string of the molecule is COc1cc2c(cc1OC[C@@H]1CCCO1)C[C@H](C(C)C)n1cc(C(=O)O)c(=O)cc1-2. The number of rotatable bonds is 6. The third-order valence-corrected chi connectivity index (χ3v) is 5.98. The van der Waals surface area contributed by atoms with Crippen LogP contribution in [0, 0.1) is 5.92 Å². The molecule has 0 saturated carbocycles. The number of nitrogens with zero attached hydrogens (tertiary/aromatic N) is 1. The predicted octanol–water partition coefficient (Wildman–Crippen LogP) is 3.53. The number of aromatic nitrogens is 1. The van der Waals surface area contributed by atoms with Crippen molar-refractivity contribution in [3.05, 3.63) is 45.7 Å². The van der Waals surface area contributed by atoms with Crippen molar-refractivity contribution in [3.63, 3.8) is 0 Å². The quantitative estimate of drug-likeness (QED) is 0.780. The molecule has 0 unspecified atom stereocenters. The van der Waals surface area contributed by atoms with Gasteiger partial charge in [0.1, 0.15) is 12.2 Å². The summed E-state index contributed by atoms with van der Waals surface area (Å²) < 4.78 is 19.2. The summed E-state index contributed by atoms with van der Waals surface area (Å²) in [4.78, 5) is 23.9. The van der Waals surface area contributed by atoms with Crippen LogP contribution in [0.2, 0.25) is 0 Å². The van der Waals surface area contributed by atoms with Gasteiger partial charge in [-0.25, -0.2) is 4.79 Å². The first-order valence-corrected chi connectivity index (χ1v) is 10.3. The zero-order valence-corrected chi connectivity index (χ0v) is 17.5. The van der Waals surface area contributed by atoms with E-state index in [1.54, 1.807) is 7.11 Å². The second-order valence-electron chi connectivity index (χ2n) is 8.27. The van der Waals surface area contributed by atoms with Crippen molar-refractivity contribution < 1.29 is 24.1 Å². The van der Waals surface area contributed by atoms with Gasteiger partial charge in [-0.3, -0.25) is 4.79 Å². The molecule has 0 bridgehead atoms. The average Bonchev–Trinajstić information content (AvgIpc) is 3.23. The number of fused-ring (bicyclic) bond motifs is 3. The number of benzene rings is 1. The Morgan fingerprint density at radius 2 is 2.10 bits per heavy atom. The number of carboxylic acids is 1. The van der Waals surface area contributed by atoms with E-state index >= 15 is 0 Å². The second-order valence-corrected chi connectivity index (χ2v) is 8.27. The van der Waals surface area contributed by atoms with Crippen molar-refractivity contribution >= 4 is 5.97 Å². The topological polar surface area (TPSA) is 87.0 Å². The highest BCUT2D eigenvalue weighted by atomic mass is 16.5. The molecule has 7 nitrogen and oxygen atoms in total. The van der Waals surface area contributed by atoms with Crippen molar-refractivity contribution in [1.82, 2.24) is 4.57 Å². The average molecular weight is 413 g/mol. The van der Waals surface area contributed by atoms with E-state index in [1.165, 1.54) is 12.3 Å². The van der Waals surface area contributed by atoms with Crippen LogP contribution in [0.25, 0.3) is 11.3 Å². The van der Waals surface area contributed by atoms with E-state index in [0.717, 1.165) is 30.6 Å². The number of hydrogen-bond acceptors (Lipinski definition) is 5. The highest BCUT2D eigenvalue weighted by Gasteiger charge is 2.29. The Hall–Kier alpha value is -2.80. The minimum Gasteiger partial charge on any atom is -0.493 e. The fraction of sp³-hybridized carbons (Fsp3) is 0.478. The number of hydrogen-bond donors (Lipinski definition) is 1. The zero-order chi connectivity index (χ0) is 21.4. The molecular weight excluding hydrogens is 386 g/mol. The summed E-state index contributed by atoms with van der Waals surface area (Å²) in [5.41, 5.74) is 1.91. The Labute approximate surface area is 175 Å². The van der Waals surface area contributed by atoms with Crippen LogP contribution in [0.1, 0.15) is 48.7 Å². The smallest absolute Gasteiger partial charge is 0.341 e. The summed E-state index contributed by atoms with van der Waals surface area (Å²) >= 11 is 0. The Bertz CT molecular complexity index is 1020. The van der Waals surface area contributed by atoms with Crippen LogP contribution in [0.4, 0.5) is 0 Å². The molecule has 0 spiro atoms. The van der Waals surface area contributed by atoms with Gasteiger partial charge in [0.25, 0.3) is 0 Å². The van der Waals surface area contributed by atoms with Crippen molar-refractivity contribution in [2.75, 3.05) is 20.3 Å². The predicted molar refractivity (Wildman–Crippen MR) is 112 cm³/mol. The standard InChI is InChI=1S/C23H27NO6/c1-13(2)18-7-14-8-22(30-12-15-5-4-6-29-15)21(28-3)9-16(14)19-10-20(25)17(23(26)27)11-24(18)19/h8-11,13,15,18H,4-7,12H2,1-3H3,(H,26,27)/t15-,18+/m0/s1. The molecule has 4 rings (SSSR count). The molecule has 30 heavy (non-hydrogen) atoms. The molecule has 2 atom stereocenters. The third kappa shape index (κ3) is 3.69. The first kappa shape index (κ1) is 20.5. The molecule has 3 heterocycles. The fourth-order valence-corrected chi connectivity index (χ4v) is 4.32. The Morgan fingerprint density at radius 3 is 2.73 bits per heavy atom. The van der Waals surface area contributed by atoms with Crippen LogP contribution < -0.4 is 14.9 Å². The van der Waals surface area contributed by atoms with E-state index in [9.17, 15) is 14.7 Å². The first-order chi connectivity index (χ1) is 14.4. The molecule has 160 valence electrons. The number of ether oxygens (including phenoxy) is 3. The third-order valence-electron chi connectivity index (χ3n) is 5.98. The molecule has 0 radical (unpaired) electrons. The van der Waals surface area contributed by atoms with Gasteiger partial charge in [0.15, 0.2) is 16.9 Å². The van der Waals surface area contributed by atoms with Crippen LogP contribution in [0.5, 0.6) is 11.5 Å². The highest BCUT2D eigenvalue weighted by molar-refractivity contribution is 5.87. The van der Waals surface area contributed by atoms with Crippen molar-refractivity contribution in [1.29, 1.82) is 0 Å². The Morgan fingerprint density at radius 1 is 1.30 bits per heavy atom. The normalized spacial score (nSPS) is 20.0. The molecule has 0 amide bonds. The Balaban J connectivity index is 1.78. The minimum absolute atomic E-state index is 0.0330. The summed E-state index contributed by atoms with van der Waals surface area (Å²) in [5, 5.41) is 9.39. The summed E-state index contributed by atoms with van der Waals surface area (Å²) in [6, 6.07) is 5.31. The summed E-state index contributed by atoms with van der Waals surface area (Å²) in [6.45, 7) is 5.43.